The summed E-state index contributed by atoms with van der Waals surface area (Å²) in [4.78, 5) is 0. The molecule has 0 aliphatic heterocycles. The Bertz CT molecular complexity index is 1720. The molecule has 5 aromatic rings. The van der Waals surface area contributed by atoms with Gasteiger partial charge in [-0.3, -0.25) is 0 Å². The zero-order chi connectivity index (χ0) is 31.4. The molecule has 0 bridgehead atoms. The third-order valence-corrected chi connectivity index (χ3v) is 8.64. The quantitative estimate of drug-likeness (QED) is 0.172. The molecule has 226 valence electrons. The lowest BCUT2D eigenvalue weighted by Crippen LogP contribution is -2.17. The van der Waals surface area contributed by atoms with Gasteiger partial charge in [0.15, 0.2) is 0 Å². The summed E-state index contributed by atoms with van der Waals surface area (Å²) in [7, 11) is 0. The molecule has 2 N–H and O–H groups in total. The number of benzene rings is 5. The van der Waals surface area contributed by atoms with Crippen LogP contribution in [0.25, 0.3) is 22.3 Å². The second-order valence-corrected chi connectivity index (χ2v) is 12.3. The standard InChI is InChI=1S/C41H44O3/c1-26-20-28(3)38(29(4)21-26)36-16-10-14-33(40(36)42)18-19-35(44-25-32-12-8-7-9-13-32)24-34-15-11-17-37(41(34)43)39-30(5)22-27(2)23-31(39)6/h7-17,20-23,35,42-43H,18-19,24-25H2,1-6H3/t35-/m0/s1. The minimum atomic E-state index is -0.164. The van der Waals surface area contributed by atoms with Crippen LogP contribution >= 0.6 is 0 Å². The zero-order valence-electron chi connectivity index (χ0n) is 26.9. The van der Waals surface area contributed by atoms with Crippen molar-refractivity contribution in [2.45, 2.75) is 73.5 Å². The van der Waals surface area contributed by atoms with E-state index < -0.39 is 0 Å². The molecule has 5 rings (SSSR count). The third-order valence-electron chi connectivity index (χ3n) is 8.64. The molecule has 3 nitrogen and oxygen atoms in total. The van der Waals surface area contributed by atoms with Crippen molar-refractivity contribution in [1.82, 2.24) is 0 Å². The third kappa shape index (κ3) is 6.90. The summed E-state index contributed by atoms with van der Waals surface area (Å²) in [6.45, 7) is 13.1. The first-order valence-electron chi connectivity index (χ1n) is 15.6. The van der Waals surface area contributed by atoms with E-state index in [1.54, 1.807) is 0 Å². The highest BCUT2D eigenvalue weighted by Crippen LogP contribution is 2.39. The van der Waals surface area contributed by atoms with Gasteiger partial charge in [-0.1, -0.05) is 102 Å². The Morgan fingerprint density at radius 2 is 1.05 bits per heavy atom. The molecule has 0 spiro atoms. The first-order chi connectivity index (χ1) is 21.1. The van der Waals surface area contributed by atoms with E-state index in [-0.39, 0.29) is 6.10 Å². The van der Waals surface area contributed by atoms with E-state index in [0.717, 1.165) is 61.2 Å². The lowest BCUT2D eigenvalue weighted by molar-refractivity contribution is 0.0351. The van der Waals surface area contributed by atoms with Gasteiger partial charge in [0, 0.05) is 17.5 Å². The lowest BCUT2D eigenvalue weighted by atomic mass is 9.90. The van der Waals surface area contributed by atoms with Gasteiger partial charge < -0.3 is 14.9 Å². The predicted molar refractivity (Wildman–Crippen MR) is 183 cm³/mol. The van der Waals surface area contributed by atoms with Gasteiger partial charge in [0.1, 0.15) is 11.5 Å². The first-order valence-corrected chi connectivity index (χ1v) is 15.6. The zero-order valence-corrected chi connectivity index (χ0v) is 26.9. The highest BCUT2D eigenvalue weighted by molar-refractivity contribution is 5.78. The Balaban J connectivity index is 1.43. The maximum Gasteiger partial charge on any atom is 0.126 e. The maximum atomic E-state index is 11.6. The number of aryl methyl sites for hydroxylation is 7. The summed E-state index contributed by atoms with van der Waals surface area (Å²) in [5, 5.41) is 23.0. The van der Waals surface area contributed by atoms with Gasteiger partial charge >= 0.3 is 0 Å². The van der Waals surface area contributed by atoms with E-state index in [1.165, 1.54) is 11.1 Å². The number of aromatic hydroxyl groups is 2. The Kier molecular flexibility index (Phi) is 9.56. The minimum Gasteiger partial charge on any atom is -0.507 e. The van der Waals surface area contributed by atoms with E-state index >= 15 is 0 Å². The molecule has 0 aliphatic carbocycles. The molecule has 0 aliphatic rings. The number of rotatable bonds is 10. The Labute approximate surface area is 262 Å². The molecule has 0 aromatic heterocycles. The van der Waals surface area contributed by atoms with Gasteiger partial charge in [-0.2, -0.15) is 0 Å². The molecule has 0 heterocycles. The van der Waals surface area contributed by atoms with Crippen LogP contribution in [0.1, 0.15) is 56.5 Å². The van der Waals surface area contributed by atoms with Crippen LogP contribution in [-0.2, 0) is 24.2 Å². The van der Waals surface area contributed by atoms with Gasteiger partial charge in [-0.05, 0) is 104 Å². The number of para-hydroxylation sites is 2. The van der Waals surface area contributed by atoms with Crippen molar-refractivity contribution < 1.29 is 14.9 Å². The van der Waals surface area contributed by atoms with Crippen molar-refractivity contribution in [2.75, 3.05) is 0 Å². The van der Waals surface area contributed by atoms with Crippen LogP contribution < -0.4 is 0 Å². The molecule has 5 aromatic carbocycles. The average molecular weight is 585 g/mol. The summed E-state index contributed by atoms with van der Waals surface area (Å²) in [6, 6.07) is 30.9. The van der Waals surface area contributed by atoms with Crippen molar-refractivity contribution in [3.8, 4) is 33.8 Å². The number of ether oxygens (including phenoxy) is 1. The largest absolute Gasteiger partial charge is 0.507 e. The highest BCUT2D eigenvalue weighted by atomic mass is 16.5. The molecule has 0 amide bonds. The average Bonchev–Trinajstić information content (AvgIpc) is 2.97. The van der Waals surface area contributed by atoms with Crippen LogP contribution in [0, 0.1) is 41.5 Å². The van der Waals surface area contributed by atoms with Crippen LogP contribution in [0.15, 0.2) is 91.0 Å². The Morgan fingerprint density at radius 3 is 1.57 bits per heavy atom. The first kappa shape index (κ1) is 31.1. The molecule has 0 radical (unpaired) electrons. The van der Waals surface area contributed by atoms with Crippen LogP contribution in [0.2, 0.25) is 0 Å². The fraction of sp³-hybridized carbons (Fsp3) is 0.268. The van der Waals surface area contributed by atoms with E-state index in [4.69, 9.17) is 4.74 Å². The molecule has 0 saturated carbocycles. The van der Waals surface area contributed by atoms with Crippen molar-refractivity contribution in [2.24, 2.45) is 0 Å². The van der Waals surface area contributed by atoms with Crippen molar-refractivity contribution >= 4 is 0 Å². The fourth-order valence-corrected chi connectivity index (χ4v) is 6.76. The number of hydrogen-bond acceptors (Lipinski definition) is 3. The number of hydrogen-bond donors (Lipinski definition) is 2. The van der Waals surface area contributed by atoms with Crippen LogP contribution in [0.5, 0.6) is 11.5 Å². The normalized spacial score (nSPS) is 12.0. The monoisotopic (exact) mass is 584 g/mol. The van der Waals surface area contributed by atoms with Crippen LogP contribution in [0.3, 0.4) is 0 Å². The van der Waals surface area contributed by atoms with Crippen molar-refractivity contribution in [3.05, 3.63) is 141 Å². The van der Waals surface area contributed by atoms with Gasteiger partial charge in [0.2, 0.25) is 0 Å². The molecule has 44 heavy (non-hydrogen) atoms. The Morgan fingerprint density at radius 1 is 0.568 bits per heavy atom. The molecule has 3 heteroatoms. The summed E-state index contributed by atoms with van der Waals surface area (Å²) >= 11 is 0. The predicted octanol–water partition coefficient (Wildman–Crippen LogP) is 10.0. The second kappa shape index (κ2) is 13.5. The molecular formula is C41H44O3. The molecule has 1 atom stereocenters. The van der Waals surface area contributed by atoms with Gasteiger partial charge in [-0.25, -0.2) is 0 Å². The topological polar surface area (TPSA) is 49.7 Å². The van der Waals surface area contributed by atoms with Crippen LogP contribution in [0.4, 0.5) is 0 Å². The van der Waals surface area contributed by atoms with Crippen molar-refractivity contribution in [1.29, 1.82) is 0 Å². The molecule has 0 saturated heterocycles. The van der Waals surface area contributed by atoms with Crippen molar-refractivity contribution in [3.63, 3.8) is 0 Å². The summed E-state index contributed by atoms with van der Waals surface area (Å²) < 4.78 is 6.53. The Hall–Kier alpha value is -4.34. The van der Waals surface area contributed by atoms with E-state index in [0.29, 0.717) is 37.4 Å². The van der Waals surface area contributed by atoms with Gasteiger partial charge in [-0.15, -0.1) is 0 Å². The molecular weight excluding hydrogens is 540 g/mol. The van der Waals surface area contributed by atoms with Crippen LogP contribution in [-0.4, -0.2) is 16.3 Å². The lowest BCUT2D eigenvalue weighted by Gasteiger charge is -2.21. The molecule has 0 fully saturated rings. The van der Waals surface area contributed by atoms with Gasteiger partial charge in [0.25, 0.3) is 0 Å². The van der Waals surface area contributed by atoms with E-state index in [1.807, 2.05) is 54.6 Å². The minimum absolute atomic E-state index is 0.164. The number of phenolic OH excluding ortho intramolecular Hbond substituents is 2. The fourth-order valence-electron chi connectivity index (χ4n) is 6.76. The summed E-state index contributed by atoms with van der Waals surface area (Å²) in [5.74, 6) is 0.644. The summed E-state index contributed by atoms with van der Waals surface area (Å²) in [6.07, 6.45) is 1.75. The maximum absolute atomic E-state index is 11.6. The molecule has 0 unspecified atom stereocenters. The second-order valence-electron chi connectivity index (χ2n) is 12.3. The van der Waals surface area contributed by atoms with Gasteiger partial charge in [0.05, 0.1) is 12.7 Å². The summed E-state index contributed by atoms with van der Waals surface area (Å²) in [5.41, 5.74) is 13.8. The van der Waals surface area contributed by atoms with E-state index in [9.17, 15) is 10.2 Å². The highest BCUT2D eigenvalue weighted by Gasteiger charge is 2.20. The smallest absolute Gasteiger partial charge is 0.126 e. The number of phenols is 2. The SMILES string of the molecule is Cc1cc(C)c(-c2cccc(CC[C@@H](Cc3cccc(-c4c(C)cc(C)cc4C)c3O)OCc3ccccc3)c2O)c(C)c1. The van der Waals surface area contributed by atoms with E-state index in [2.05, 4.69) is 77.9 Å².